The summed E-state index contributed by atoms with van der Waals surface area (Å²) in [4.78, 5) is 41.3. The van der Waals surface area contributed by atoms with Crippen molar-refractivity contribution < 1.29 is 86.5 Å². The third-order valence-electron chi connectivity index (χ3n) is 8.99. The van der Waals surface area contributed by atoms with Crippen molar-refractivity contribution in [2.24, 2.45) is 5.11 Å². The van der Waals surface area contributed by atoms with Crippen molar-refractivity contribution in [1.29, 1.82) is 0 Å². The predicted octanol–water partition coefficient (Wildman–Crippen LogP) is 2.08. The number of aliphatic hydroxyl groups is 3. The van der Waals surface area contributed by atoms with Crippen LogP contribution >= 0.6 is 0 Å². The van der Waals surface area contributed by atoms with E-state index in [-0.39, 0.29) is 13.2 Å². The Bertz CT molecular complexity index is 1190. The molecule has 21 heteroatoms. The molecule has 21 nitrogen and oxygen atoms in total. The van der Waals surface area contributed by atoms with E-state index in [2.05, 4.69) is 10.0 Å². The maximum absolute atomic E-state index is 13.3. The molecule has 1 saturated heterocycles. The number of aliphatic hydroxyl groups excluding tert-OH is 3. The molecule has 0 spiro atoms. The lowest BCUT2D eigenvalue weighted by atomic mass is 9.96. The van der Waals surface area contributed by atoms with Gasteiger partial charge in [0.1, 0.15) is 37.1 Å². The topological polar surface area (TPSA) is 271 Å². The third-order valence-corrected chi connectivity index (χ3v) is 8.99. The molecular formula is C37H67N3O18. The first kappa shape index (κ1) is 53.3. The van der Waals surface area contributed by atoms with E-state index in [4.69, 9.17) is 56.8 Å². The number of ether oxygens (including phenoxy) is 12. The molecule has 1 aliphatic rings. The average molecular weight is 842 g/mol. The second-order valence-corrected chi connectivity index (χ2v) is 13.4. The van der Waals surface area contributed by atoms with Crippen molar-refractivity contribution in [1.82, 2.24) is 0 Å². The van der Waals surface area contributed by atoms with Crippen LogP contribution in [0.15, 0.2) is 5.11 Å². The highest BCUT2D eigenvalue weighted by molar-refractivity contribution is 5.75. The molecule has 1 heterocycles. The summed E-state index contributed by atoms with van der Waals surface area (Å²) < 4.78 is 69.0. The molecule has 0 aromatic carbocycles. The number of nitrogens with zero attached hydrogens (tertiary/aromatic N) is 3. The molecule has 13 atom stereocenters. The molecule has 58 heavy (non-hydrogen) atoms. The van der Waals surface area contributed by atoms with E-state index < -0.39 is 118 Å². The minimum atomic E-state index is -1.71. The maximum atomic E-state index is 13.3. The van der Waals surface area contributed by atoms with E-state index in [9.17, 15) is 35.2 Å². The van der Waals surface area contributed by atoms with Crippen LogP contribution in [0.5, 0.6) is 0 Å². The van der Waals surface area contributed by atoms with Gasteiger partial charge in [0.2, 0.25) is 0 Å². The molecule has 0 aromatic rings. The molecule has 1 aliphatic heterocycles. The van der Waals surface area contributed by atoms with Crippen LogP contribution in [0, 0.1) is 0 Å². The summed E-state index contributed by atoms with van der Waals surface area (Å²) in [5.41, 5.74) is 9.84. The third kappa shape index (κ3) is 17.8. The summed E-state index contributed by atoms with van der Waals surface area (Å²) >= 11 is 0. The quantitative estimate of drug-likeness (QED) is 0.0166. The molecule has 5 unspecified atom stereocenters. The Labute approximate surface area is 340 Å². The minimum absolute atomic E-state index is 0.0894. The molecule has 0 aromatic heterocycles. The fourth-order valence-corrected chi connectivity index (χ4v) is 5.66. The van der Waals surface area contributed by atoms with Gasteiger partial charge >= 0.3 is 17.9 Å². The van der Waals surface area contributed by atoms with Gasteiger partial charge in [0, 0.05) is 38.8 Å². The Kier molecular flexibility index (Phi) is 27.8. The van der Waals surface area contributed by atoms with Crippen molar-refractivity contribution >= 4 is 17.9 Å². The summed E-state index contributed by atoms with van der Waals surface area (Å²) in [6, 6.07) is -1.42. The molecule has 0 radical (unpaired) electrons. The molecule has 1 rings (SSSR count). The first-order chi connectivity index (χ1) is 27.8. The number of unbranched alkanes of at least 4 members (excludes halogenated alkanes) is 3. The van der Waals surface area contributed by atoms with Crippen molar-refractivity contribution in [2.75, 3.05) is 61.0 Å². The number of hydrogen-bond donors (Lipinski definition) is 3. The van der Waals surface area contributed by atoms with Crippen LogP contribution in [-0.2, 0) is 71.2 Å². The second-order valence-electron chi connectivity index (χ2n) is 13.4. The molecule has 338 valence electrons. The van der Waals surface area contributed by atoms with Crippen molar-refractivity contribution in [3.8, 4) is 0 Å². The summed E-state index contributed by atoms with van der Waals surface area (Å²) in [6.45, 7) is 8.76. The first-order valence-corrected chi connectivity index (χ1v) is 19.7. The Morgan fingerprint density at radius 1 is 0.793 bits per heavy atom. The Morgan fingerprint density at radius 2 is 1.34 bits per heavy atom. The van der Waals surface area contributed by atoms with Gasteiger partial charge < -0.3 is 72.2 Å². The van der Waals surface area contributed by atoms with Gasteiger partial charge in [-0.25, -0.2) is 9.59 Å². The van der Waals surface area contributed by atoms with E-state index in [1.807, 2.05) is 20.8 Å². The molecule has 0 bridgehead atoms. The standard InChI is InChI=1S/C37H67N3O18/c1-10-13-16-50-22(4)29(44)33(35(45)48-8)57-27(20-42)56-31-25(21-53-24(6)43)54-37(28(39-40-38)32(31)52-18-15-12-3)58-30(23(5)51-17-14-11-2)34(36(46)49-9)55-26(19-41)47-7/h22-23,25-34,37,41-42,44H,10-21H2,1-9H3/t22-,23-,25?,26?,27+,28-,29-,30+,31+,32?,33?,34?,37-/m0/s1. The van der Waals surface area contributed by atoms with Gasteiger partial charge in [-0.05, 0) is 38.6 Å². The fraction of sp³-hybridized carbons (Fsp3) is 0.919. The number of carbonyl (C=O) groups excluding carboxylic acids is 3. The number of methoxy groups -OCH3 is 3. The van der Waals surface area contributed by atoms with Crippen LogP contribution in [0.25, 0.3) is 10.4 Å². The summed E-state index contributed by atoms with van der Waals surface area (Å²) in [7, 11) is 3.47. The lowest BCUT2D eigenvalue weighted by Gasteiger charge is -2.46. The molecule has 0 saturated carbocycles. The summed E-state index contributed by atoms with van der Waals surface area (Å²) in [5.74, 6) is -2.62. The van der Waals surface area contributed by atoms with Gasteiger partial charge in [0.15, 0.2) is 31.1 Å². The van der Waals surface area contributed by atoms with E-state index >= 15 is 0 Å². The number of hydrogen-bond acceptors (Lipinski definition) is 19. The largest absolute Gasteiger partial charge is 0.467 e. The van der Waals surface area contributed by atoms with Crippen LogP contribution in [0.3, 0.4) is 0 Å². The SMILES string of the molecule is CCCCOC1[C@H](O[C@@H](CO)OC(C(=O)OC)[C@@H](O)[C@H](C)OCCCC)C(COC(C)=O)O[C@@H](O[C@@H](C(OC(CO)OC)C(=O)OC)[C@H](C)OCCCC)[C@H]1N=[N+]=[N-]. The molecule has 1 fully saturated rings. The van der Waals surface area contributed by atoms with Gasteiger partial charge in [-0.15, -0.1) is 0 Å². The van der Waals surface area contributed by atoms with Gasteiger partial charge in [0.05, 0.1) is 45.7 Å². The Balaban J connectivity index is 3.83. The van der Waals surface area contributed by atoms with Crippen LogP contribution in [-0.4, -0.2) is 174 Å². The van der Waals surface area contributed by atoms with Crippen LogP contribution in [0.1, 0.15) is 80.1 Å². The zero-order valence-electron chi connectivity index (χ0n) is 35.3. The van der Waals surface area contributed by atoms with Crippen molar-refractivity contribution in [3.63, 3.8) is 0 Å². The molecule has 3 N–H and O–H groups in total. The molecule has 0 aliphatic carbocycles. The number of azide groups is 1. The van der Waals surface area contributed by atoms with Crippen LogP contribution in [0.4, 0.5) is 0 Å². The monoisotopic (exact) mass is 841 g/mol. The predicted molar refractivity (Wildman–Crippen MR) is 202 cm³/mol. The lowest BCUT2D eigenvalue weighted by Crippen LogP contribution is -2.63. The van der Waals surface area contributed by atoms with E-state index in [0.717, 1.165) is 34.0 Å². The van der Waals surface area contributed by atoms with E-state index in [1.165, 1.54) is 7.11 Å². The Hall–Kier alpha value is -2.76. The van der Waals surface area contributed by atoms with Gasteiger partial charge in [-0.2, -0.15) is 0 Å². The zero-order chi connectivity index (χ0) is 43.6. The van der Waals surface area contributed by atoms with Crippen molar-refractivity contribution in [3.05, 3.63) is 10.4 Å². The second kappa shape index (κ2) is 30.3. The van der Waals surface area contributed by atoms with Gasteiger partial charge in [-0.3, -0.25) is 4.79 Å². The lowest BCUT2D eigenvalue weighted by molar-refractivity contribution is -0.333. The number of carbonyl (C=O) groups is 3. The molecule has 0 amide bonds. The zero-order valence-corrected chi connectivity index (χ0v) is 35.3. The van der Waals surface area contributed by atoms with Gasteiger partial charge in [0.25, 0.3) is 0 Å². The number of rotatable bonds is 32. The number of esters is 3. The normalized spacial score (nSPS) is 23.6. The highest BCUT2D eigenvalue weighted by atomic mass is 16.8. The maximum Gasteiger partial charge on any atom is 0.337 e. The van der Waals surface area contributed by atoms with Gasteiger partial charge in [-0.1, -0.05) is 45.1 Å². The minimum Gasteiger partial charge on any atom is -0.467 e. The summed E-state index contributed by atoms with van der Waals surface area (Å²) in [6.07, 6.45) is -12.5. The Morgan fingerprint density at radius 3 is 1.86 bits per heavy atom. The first-order valence-electron chi connectivity index (χ1n) is 19.7. The van der Waals surface area contributed by atoms with Crippen molar-refractivity contribution in [2.45, 2.75) is 160 Å². The van der Waals surface area contributed by atoms with Crippen LogP contribution < -0.4 is 0 Å². The summed E-state index contributed by atoms with van der Waals surface area (Å²) in [5, 5.41) is 35.4. The van der Waals surface area contributed by atoms with E-state index in [0.29, 0.717) is 32.3 Å². The highest BCUT2D eigenvalue weighted by Gasteiger charge is 2.52. The van der Waals surface area contributed by atoms with Crippen LogP contribution in [0.2, 0.25) is 0 Å². The molecular weight excluding hydrogens is 774 g/mol. The fourth-order valence-electron chi connectivity index (χ4n) is 5.66. The van der Waals surface area contributed by atoms with E-state index in [1.54, 1.807) is 13.8 Å². The smallest absolute Gasteiger partial charge is 0.337 e. The highest BCUT2D eigenvalue weighted by Crippen LogP contribution is 2.33. The average Bonchev–Trinajstić information content (AvgIpc) is 3.22.